The Morgan fingerprint density at radius 3 is 2.30 bits per heavy atom. The summed E-state index contributed by atoms with van der Waals surface area (Å²) in [5.74, 6) is -0.966. The van der Waals surface area contributed by atoms with Crippen molar-refractivity contribution in [1.82, 2.24) is 0 Å². The molecule has 0 aromatic carbocycles. The van der Waals surface area contributed by atoms with Gasteiger partial charge >= 0.3 is 18.9 Å². The van der Waals surface area contributed by atoms with Crippen LogP contribution in [0.15, 0.2) is 0 Å². The molecule has 0 heterocycles. The van der Waals surface area contributed by atoms with Gasteiger partial charge in [0, 0.05) is 5.97 Å². The Balaban J connectivity index is 0. The number of nitrogens with two attached hydrogens (primary N) is 1. The maximum Gasteiger partial charge on any atom is 1.00 e. The standard InChI is InChI=1S/C6H13NO2.Li/c7-5-3-1-2-4-6(8)9;/h1-5,7H2,(H,8,9);/q;+1/p-1. The van der Waals surface area contributed by atoms with Gasteiger partial charge < -0.3 is 15.6 Å². The van der Waals surface area contributed by atoms with Gasteiger partial charge in [0.15, 0.2) is 0 Å². The first-order valence-corrected chi connectivity index (χ1v) is 3.17. The largest absolute Gasteiger partial charge is 1.00 e. The third kappa shape index (κ3) is 10.9. The topological polar surface area (TPSA) is 66.2 Å². The molecule has 0 saturated heterocycles. The van der Waals surface area contributed by atoms with Gasteiger partial charge in [0.2, 0.25) is 0 Å². The molecule has 0 aliphatic carbocycles. The molecule has 0 saturated carbocycles. The van der Waals surface area contributed by atoms with Crippen molar-refractivity contribution in [1.29, 1.82) is 0 Å². The van der Waals surface area contributed by atoms with Crippen molar-refractivity contribution in [2.75, 3.05) is 6.54 Å². The van der Waals surface area contributed by atoms with E-state index in [9.17, 15) is 9.90 Å². The van der Waals surface area contributed by atoms with Crippen molar-refractivity contribution in [3.63, 3.8) is 0 Å². The number of unbranched alkanes of at least 4 members (excludes halogenated alkanes) is 2. The molecule has 0 aromatic heterocycles. The quantitative estimate of drug-likeness (QED) is 0.313. The van der Waals surface area contributed by atoms with E-state index in [2.05, 4.69) is 0 Å². The van der Waals surface area contributed by atoms with E-state index in [0.29, 0.717) is 13.0 Å². The molecule has 0 spiro atoms. The van der Waals surface area contributed by atoms with Crippen molar-refractivity contribution in [3.05, 3.63) is 0 Å². The zero-order chi connectivity index (χ0) is 7.11. The van der Waals surface area contributed by atoms with E-state index in [1.165, 1.54) is 0 Å². The van der Waals surface area contributed by atoms with Gasteiger partial charge in [-0.3, -0.25) is 0 Å². The van der Waals surface area contributed by atoms with E-state index in [4.69, 9.17) is 5.73 Å². The molecule has 0 aromatic rings. The van der Waals surface area contributed by atoms with Gasteiger partial charge in [-0.05, 0) is 25.8 Å². The fourth-order valence-corrected chi connectivity index (χ4v) is 0.590. The summed E-state index contributed by atoms with van der Waals surface area (Å²) in [6.45, 7) is 0.646. The average Bonchev–Trinajstić information content (AvgIpc) is 1.80. The average molecular weight is 137 g/mol. The molecular weight excluding hydrogens is 125 g/mol. The maximum absolute atomic E-state index is 9.82. The SMILES string of the molecule is NCCCCCC(=O)[O-].[Li+]. The second-order valence-electron chi connectivity index (χ2n) is 1.97. The minimum Gasteiger partial charge on any atom is -0.550 e. The normalized spacial score (nSPS) is 8.50. The van der Waals surface area contributed by atoms with Crippen molar-refractivity contribution in [2.24, 2.45) is 5.73 Å². The molecule has 0 atom stereocenters. The minimum atomic E-state index is -0.966. The van der Waals surface area contributed by atoms with Crippen LogP contribution in [0.25, 0.3) is 0 Å². The number of carbonyl (C=O) groups excluding carboxylic acids is 1. The van der Waals surface area contributed by atoms with Crippen LogP contribution in [-0.4, -0.2) is 12.5 Å². The molecule has 0 amide bonds. The Kier molecular flexibility index (Phi) is 11.4. The molecular formula is C6H12LiNO2. The van der Waals surface area contributed by atoms with Crippen LogP contribution in [0.4, 0.5) is 0 Å². The summed E-state index contributed by atoms with van der Waals surface area (Å²) in [5.41, 5.74) is 5.18. The molecule has 3 nitrogen and oxygen atoms in total. The first-order chi connectivity index (χ1) is 4.27. The molecule has 0 unspecified atom stereocenters. The summed E-state index contributed by atoms with van der Waals surface area (Å²) < 4.78 is 0. The first-order valence-electron chi connectivity index (χ1n) is 3.17. The van der Waals surface area contributed by atoms with E-state index in [1.54, 1.807) is 0 Å². The number of rotatable bonds is 5. The molecule has 4 heteroatoms. The Bertz CT molecular complexity index is 87.8. The van der Waals surface area contributed by atoms with Crippen LogP contribution in [0.3, 0.4) is 0 Å². The predicted octanol–water partition coefficient (Wildman–Crippen LogP) is -3.74. The van der Waals surface area contributed by atoms with Gasteiger partial charge in [-0.25, -0.2) is 0 Å². The van der Waals surface area contributed by atoms with Crippen LogP contribution in [0.2, 0.25) is 0 Å². The summed E-state index contributed by atoms with van der Waals surface area (Å²) in [4.78, 5) is 9.82. The van der Waals surface area contributed by atoms with Gasteiger partial charge in [-0.2, -0.15) is 0 Å². The van der Waals surface area contributed by atoms with Crippen molar-refractivity contribution in [2.45, 2.75) is 25.7 Å². The molecule has 0 bridgehead atoms. The molecule has 54 valence electrons. The smallest absolute Gasteiger partial charge is 0.550 e. The fraction of sp³-hybridized carbons (Fsp3) is 0.833. The number of hydrogen-bond acceptors (Lipinski definition) is 3. The van der Waals surface area contributed by atoms with E-state index in [0.717, 1.165) is 12.8 Å². The van der Waals surface area contributed by atoms with Crippen LogP contribution >= 0.6 is 0 Å². The number of carboxylic acid groups (broad SMARTS) is 1. The van der Waals surface area contributed by atoms with Gasteiger partial charge in [0.05, 0.1) is 0 Å². The van der Waals surface area contributed by atoms with Crippen LogP contribution in [-0.2, 0) is 4.79 Å². The molecule has 0 radical (unpaired) electrons. The van der Waals surface area contributed by atoms with Crippen molar-refractivity contribution >= 4 is 5.97 Å². The Morgan fingerprint density at radius 2 is 1.90 bits per heavy atom. The molecule has 0 aliphatic rings. The van der Waals surface area contributed by atoms with Crippen LogP contribution < -0.4 is 29.7 Å². The summed E-state index contributed by atoms with van der Waals surface area (Å²) >= 11 is 0. The Morgan fingerprint density at radius 1 is 1.30 bits per heavy atom. The van der Waals surface area contributed by atoms with E-state index in [-0.39, 0.29) is 25.3 Å². The first kappa shape index (κ1) is 12.7. The fourth-order valence-electron chi connectivity index (χ4n) is 0.590. The van der Waals surface area contributed by atoms with Gasteiger partial charge in [0.25, 0.3) is 0 Å². The third-order valence-corrected chi connectivity index (χ3v) is 1.09. The summed E-state index contributed by atoms with van der Waals surface area (Å²) in [5, 5.41) is 9.82. The monoisotopic (exact) mass is 137 g/mol. The van der Waals surface area contributed by atoms with Gasteiger partial charge in [0.1, 0.15) is 0 Å². The molecule has 0 rings (SSSR count). The third-order valence-electron chi connectivity index (χ3n) is 1.09. The van der Waals surface area contributed by atoms with Crippen molar-refractivity contribution < 1.29 is 28.8 Å². The Hall–Kier alpha value is 0.0274. The molecule has 0 aliphatic heterocycles. The predicted molar refractivity (Wildman–Crippen MR) is 32.5 cm³/mol. The zero-order valence-corrected chi connectivity index (χ0v) is 6.43. The number of hydrogen-bond donors (Lipinski definition) is 1. The van der Waals surface area contributed by atoms with E-state index in [1.807, 2.05) is 0 Å². The zero-order valence-electron chi connectivity index (χ0n) is 6.43. The van der Waals surface area contributed by atoms with Crippen molar-refractivity contribution in [3.8, 4) is 0 Å². The van der Waals surface area contributed by atoms with E-state index < -0.39 is 5.97 Å². The molecule has 2 N–H and O–H groups in total. The molecule has 10 heavy (non-hydrogen) atoms. The maximum atomic E-state index is 9.82. The van der Waals surface area contributed by atoms with E-state index >= 15 is 0 Å². The van der Waals surface area contributed by atoms with Gasteiger partial charge in [-0.1, -0.05) is 6.42 Å². The Labute approximate surface area is 73.2 Å². The van der Waals surface area contributed by atoms with Crippen LogP contribution in [0.5, 0.6) is 0 Å². The number of carbonyl (C=O) groups is 1. The number of aliphatic carboxylic acids is 1. The second kappa shape index (κ2) is 9.03. The molecule has 0 fully saturated rings. The summed E-state index contributed by atoms with van der Waals surface area (Å²) in [6.07, 6.45) is 2.66. The summed E-state index contributed by atoms with van der Waals surface area (Å²) in [6, 6.07) is 0. The van der Waals surface area contributed by atoms with Crippen LogP contribution in [0.1, 0.15) is 25.7 Å². The summed E-state index contributed by atoms with van der Waals surface area (Å²) in [7, 11) is 0. The second-order valence-corrected chi connectivity index (χ2v) is 1.97. The van der Waals surface area contributed by atoms with Gasteiger partial charge in [-0.15, -0.1) is 0 Å². The number of carboxylic acids is 1. The van der Waals surface area contributed by atoms with Crippen LogP contribution in [0, 0.1) is 0 Å². The minimum absolute atomic E-state index is 0.